The van der Waals surface area contributed by atoms with Gasteiger partial charge in [0.2, 0.25) is 5.95 Å². The molecule has 20 heavy (non-hydrogen) atoms. The topological polar surface area (TPSA) is 67.7 Å². The van der Waals surface area contributed by atoms with Crippen LogP contribution in [0.3, 0.4) is 0 Å². The zero-order valence-electron chi connectivity index (χ0n) is 11.7. The van der Waals surface area contributed by atoms with Gasteiger partial charge in [0, 0.05) is 19.8 Å². The highest BCUT2D eigenvalue weighted by atomic mass is 15.3. The maximum absolute atomic E-state index is 4.47. The Hall–Kier alpha value is -2.63. The molecule has 0 fully saturated rings. The van der Waals surface area contributed by atoms with E-state index in [2.05, 4.69) is 44.8 Å². The SMILES string of the molecule is CNc1nc(Nc2cccc(C)c2)c2cnn(C)c2n1. The molecule has 0 unspecified atom stereocenters. The van der Waals surface area contributed by atoms with E-state index in [1.54, 1.807) is 17.9 Å². The number of hydrogen-bond donors (Lipinski definition) is 2. The van der Waals surface area contributed by atoms with Crippen LogP contribution in [0.15, 0.2) is 30.5 Å². The molecule has 0 spiro atoms. The molecular formula is C14H16N6. The van der Waals surface area contributed by atoms with E-state index in [-0.39, 0.29) is 0 Å². The van der Waals surface area contributed by atoms with E-state index in [1.807, 2.05) is 19.2 Å². The van der Waals surface area contributed by atoms with E-state index in [1.165, 1.54) is 5.56 Å². The molecule has 2 N–H and O–H groups in total. The van der Waals surface area contributed by atoms with Crippen molar-refractivity contribution in [3.05, 3.63) is 36.0 Å². The first-order valence-corrected chi connectivity index (χ1v) is 6.38. The molecule has 1 aromatic carbocycles. The van der Waals surface area contributed by atoms with E-state index in [0.29, 0.717) is 5.95 Å². The number of hydrogen-bond acceptors (Lipinski definition) is 5. The molecule has 0 bridgehead atoms. The summed E-state index contributed by atoms with van der Waals surface area (Å²) in [5, 5.41) is 11.4. The Morgan fingerprint density at radius 2 is 2.05 bits per heavy atom. The van der Waals surface area contributed by atoms with Gasteiger partial charge in [0.15, 0.2) is 5.65 Å². The van der Waals surface area contributed by atoms with Crippen molar-refractivity contribution in [1.29, 1.82) is 0 Å². The fourth-order valence-corrected chi connectivity index (χ4v) is 2.09. The molecule has 0 saturated carbocycles. The summed E-state index contributed by atoms with van der Waals surface area (Å²) in [6.45, 7) is 2.06. The number of aryl methyl sites for hydroxylation is 2. The molecule has 6 heteroatoms. The fourth-order valence-electron chi connectivity index (χ4n) is 2.09. The lowest BCUT2D eigenvalue weighted by Crippen LogP contribution is -2.03. The number of aromatic nitrogens is 4. The second-order valence-electron chi connectivity index (χ2n) is 4.65. The molecular weight excluding hydrogens is 252 g/mol. The third-order valence-corrected chi connectivity index (χ3v) is 3.10. The standard InChI is InChI=1S/C14H16N6/c1-9-5-4-6-10(7-9)17-12-11-8-16-20(3)13(11)19-14(15-2)18-12/h4-8H,1-3H3,(H2,15,17,18,19). The molecule has 3 aromatic rings. The predicted octanol–water partition coefficient (Wildman–Crippen LogP) is 2.46. The minimum atomic E-state index is 0.566. The second kappa shape index (κ2) is 4.80. The average molecular weight is 268 g/mol. The number of fused-ring (bicyclic) bond motifs is 1. The van der Waals surface area contributed by atoms with Crippen LogP contribution in [0.4, 0.5) is 17.5 Å². The summed E-state index contributed by atoms with van der Waals surface area (Å²) in [5.74, 6) is 1.31. The summed E-state index contributed by atoms with van der Waals surface area (Å²) in [6, 6.07) is 8.15. The first-order chi connectivity index (χ1) is 9.67. The third kappa shape index (κ3) is 2.16. The Morgan fingerprint density at radius 3 is 2.80 bits per heavy atom. The van der Waals surface area contributed by atoms with Crippen molar-refractivity contribution in [3.8, 4) is 0 Å². The molecule has 6 nitrogen and oxygen atoms in total. The minimum Gasteiger partial charge on any atom is -0.357 e. The lowest BCUT2D eigenvalue weighted by Gasteiger charge is -2.09. The first kappa shape index (κ1) is 12.4. The third-order valence-electron chi connectivity index (χ3n) is 3.10. The Kier molecular flexibility index (Phi) is 2.98. The van der Waals surface area contributed by atoms with E-state index in [9.17, 15) is 0 Å². The van der Waals surface area contributed by atoms with Crippen LogP contribution in [0.1, 0.15) is 5.56 Å². The summed E-state index contributed by atoms with van der Waals surface area (Å²) < 4.78 is 1.74. The van der Waals surface area contributed by atoms with Gasteiger partial charge in [0.05, 0.1) is 11.6 Å². The van der Waals surface area contributed by atoms with Gasteiger partial charge in [-0.2, -0.15) is 15.1 Å². The van der Waals surface area contributed by atoms with E-state index in [4.69, 9.17) is 0 Å². The Labute approximate surface area is 116 Å². The predicted molar refractivity (Wildman–Crippen MR) is 80.3 cm³/mol. The zero-order valence-corrected chi connectivity index (χ0v) is 11.7. The molecule has 2 heterocycles. The summed E-state index contributed by atoms with van der Waals surface area (Å²) in [7, 11) is 3.67. The molecule has 2 aromatic heterocycles. The molecule has 0 radical (unpaired) electrons. The van der Waals surface area contributed by atoms with Crippen LogP contribution in [0, 0.1) is 6.92 Å². The van der Waals surface area contributed by atoms with Crippen LogP contribution >= 0.6 is 0 Å². The Morgan fingerprint density at radius 1 is 1.20 bits per heavy atom. The molecule has 102 valence electrons. The second-order valence-corrected chi connectivity index (χ2v) is 4.65. The molecule has 0 aliphatic carbocycles. The fraction of sp³-hybridized carbons (Fsp3) is 0.214. The lowest BCUT2D eigenvalue weighted by molar-refractivity contribution is 0.786. The number of anilines is 3. The maximum Gasteiger partial charge on any atom is 0.226 e. The highest BCUT2D eigenvalue weighted by molar-refractivity contribution is 5.89. The Bertz CT molecular complexity index is 761. The van der Waals surface area contributed by atoms with Gasteiger partial charge in [-0.3, -0.25) is 4.68 Å². The van der Waals surface area contributed by atoms with Crippen molar-refractivity contribution < 1.29 is 0 Å². The summed E-state index contributed by atoms with van der Waals surface area (Å²) in [6.07, 6.45) is 1.77. The molecule has 0 atom stereocenters. The number of benzene rings is 1. The average Bonchev–Trinajstić information content (AvgIpc) is 2.81. The lowest BCUT2D eigenvalue weighted by atomic mass is 10.2. The van der Waals surface area contributed by atoms with Gasteiger partial charge in [0.25, 0.3) is 0 Å². The quantitative estimate of drug-likeness (QED) is 0.763. The van der Waals surface area contributed by atoms with Crippen LogP contribution in [0.25, 0.3) is 11.0 Å². The molecule has 0 saturated heterocycles. The van der Waals surface area contributed by atoms with Crippen LogP contribution < -0.4 is 10.6 Å². The van der Waals surface area contributed by atoms with Gasteiger partial charge in [-0.15, -0.1) is 0 Å². The van der Waals surface area contributed by atoms with E-state index < -0.39 is 0 Å². The van der Waals surface area contributed by atoms with E-state index in [0.717, 1.165) is 22.5 Å². The Balaban J connectivity index is 2.10. The zero-order chi connectivity index (χ0) is 14.1. The summed E-state index contributed by atoms with van der Waals surface area (Å²) in [4.78, 5) is 8.88. The normalized spacial score (nSPS) is 10.8. The number of rotatable bonds is 3. The van der Waals surface area contributed by atoms with Crippen molar-refractivity contribution in [2.75, 3.05) is 17.7 Å². The van der Waals surface area contributed by atoms with Gasteiger partial charge >= 0.3 is 0 Å². The van der Waals surface area contributed by atoms with Gasteiger partial charge in [-0.25, -0.2) is 0 Å². The van der Waals surface area contributed by atoms with Gasteiger partial charge in [0.1, 0.15) is 5.82 Å². The molecule has 0 amide bonds. The summed E-state index contributed by atoms with van der Waals surface area (Å²) >= 11 is 0. The van der Waals surface area contributed by atoms with Crippen molar-refractivity contribution in [2.45, 2.75) is 6.92 Å². The van der Waals surface area contributed by atoms with Crippen LogP contribution in [-0.2, 0) is 7.05 Å². The van der Waals surface area contributed by atoms with Gasteiger partial charge in [-0.1, -0.05) is 12.1 Å². The minimum absolute atomic E-state index is 0.566. The number of nitrogens with zero attached hydrogens (tertiary/aromatic N) is 4. The summed E-state index contributed by atoms with van der Waals surface area (Å²) in [5.41, 5.74) is 2.98. The molecule has 3 rings (SSSR count). The highest BCUT2D eigenvalue weighted by Gasteiger charge is 2.11. The van der Waals surface area contributed by atoms with E-state index >= 15 is 0 Å². The van der Waals surface area contributed by atoms with Gasteiger partial charge < -0.3 is 10.6 Å². The smallest absolute Gasteiger partial charge is 0.226 e. The largest absolute Gasteiger partial charge is 0.357 e. The van der Waals surface area contributed by atoms with Crippen LogP contribution in [-0.4, -0.2) is 26.8 Å². The molecule has 0 aliphatic rings. The van der Waals surface area contributed by atoms with Crippen LogP contribution in [0.5, 0.6) is 0 Å². The van der Waals surface area contributed by atoms with Crippen LogP contribution in [0.2, 0.25) is 0 Å². The monoisotopic (exact) mass is 268 g/mol. The molecule has 0 aliphatic heterocycles. The van der Waals surface area contributed by atoms with Crippen molar-refractivity contribution in [1.82, 2.24) is 19.7 Å². The van der Waals surface area contributed by atoms with Gasteiger partial charge in [-0.05, 0) is 24.6 Å². The maximum atomic E-state index is 4.47. The highest BCUT2D eigenvalue weighted by Crippen LogP contribution is 2.24. The van der Waals surface area contributed by atoms with Crippen molar-refractivity contribution >= 4 is 28.5 Å². The van der Waals surface area contributed by atoms with Crippen molar-refractivity contribution in [3.63, 3.8) is 0 Å². The number of nitrogens with one attached hydrogen (secondary N) is 2. The first-order valence-electron chi connectivity index (χ1n) is 6.38. The van der Waals surface area contributed by atoms with Crippen molar-refractivity contribution in [2.24, 2.45) is 7.05 Å².